The maximum Gasteiger partial charge on any atom is -0.0175 e. The van der Waals surface area contributed by atoms with E-state index in [-0.39, 0.29) is 0 Å². The van der Waals surface area contributed by atoms with Crippen LogP contribution in [0.15, 0.2) is 11.1 Å². The first kappa shape index (κ1) is 6.45. The van der Waals surface area contributed by atoms with Crippen LogP contribution in [0, 0.1) is 11.3 Å². The van der Waals surface area contributed by atoms with Crippen LogP contribution in [-0.4, -0.2) is 0 Å². The number of hydrogen-bond acceptors (Lipinski definition) is 0. The Bertz CT molecular complexity index is 200. The molecule has 10 heavy (non-hydrogen) atoms. The van der Waals surface area contributed by atoms with Crippen molar-refractivity contribution in [2.45, 2.75) is 40.0 Å². The summed E-state index contributed by atoms with van der Waals surface area (Å²) < 4.78 is 0. The average molecular weight is 136 g/mol. The summed E-state index contributed by atoms with van der Waals surface area (Å²) in [5.74, 6) is 0.872. The zero-order valence-corrected chi connectivity index (χ0v) is 7.20. The number of hydrogen-bond donors (Lipinski definition) is 0. The van der Waals surface area contributed by atoms with Crippen molar-refractivity contribution in [2.75, 3.05) is 0 Å². The smallest absolute Gasteiger partial charge is 0.0175 e. The predicted octanol–water partition coefficient (Wildman–Crippen LogP) is 3.14. The molecule has 1 saturated carbocycles. The van der Waals surface area contributed by atoms with E-state index in [0.717, 1.165) is 5.92 Å². The van der Waals surface area contributed by atoms with Gasteiger partial charge >= 0.3 is 0 Å². The fraction of sp³-hybridized carbons (Fsp3) is 0.800. The molecule has 2 aliphatic carbocycles. The molecule has 0 N–H and O–H groups in total. The van der Waals surface area contributed by atoms with Crippen molar-refractivity contribution >= 4 is 0 Å². The van der Waals surface area contributed by atoms with E-state index < -0.39 is 0 Å². The first-order valence-corrected chi connectivity index (χ1v) is 4.32. The van der Waals surface area contributed by atoms with Crippen molar-refractivity contribution in [1.82, 2.24) is 0 Å². The van der Waals surface area contributed by atoms with Gasteiger partial charge in [0.05, 0.1) is 0 Å². The minimum Gasteiger partial charge on any atom is -0.0707 e. The fourth-order valence-corrected chi connectivity index (χ4v) is 2.64. The Balaban J connectivity index is 2.41. The molecular formula is C10H16. The Morgan fingerprint density at radius 1 is 1.50 bits per heavy atom. The minimum absolute atomic E-state index is 0.666. The van der Waals surface area contributed by atoms with Crippen LogP contribution >= 0.6 is 0 Å². The molecule has 0 saturated heterocycles. The maximum atomic E-state index is 2.45. The van der Waals surface area contributed by atoms with Crippen LogP contribution in [0.5, 0.6) is 0 Å². The summed E-state index contributed by atoms with van der Waals surface area (Å²) in [6, 6.07) is 0. The Hall–Kier alpha value is -0.260. The van der Waals surface area contributed by atoms with Crippen molar-refractivity contribution in [2.24, 2.45) is 11.3 Å². The summed E-state index contributed by atoms with van der Waals surface area (Å²) in [5, 5.41) is 0. The second-order valence-electron chi connectivity index (χ2n) is 4.34. The molecule has 2 aliphatic rings. The van der Waals surface area contributed by atoms with Crippen LogP contribution in [0.3, 0.4) is 0 Å². The standard InChI is InChI=1S/C10H16/c1-7-8(2)10(3)5-4-9(7)6-10/h8H,4-6H2,1-3H3. The van der Waals surface area contributed by atoms with E-state index in [1.807, 2.05) is 0 Å². The van der Waals surface area contributed by atoms with E-state index >= 15 is 0 Å². The molecule has 56 valence electrons. The third-order valence-electron chi connectivity index (χ3n) is 3.87. The van der Waals surface area contributed by atoms with Gasteiger partial charge in [-0.15, -0.1) is 0 Å². The Kier molecular flexibility index (Phi) is 1.07. The lowest BCUT2D eigenvalue weighted by Crippen LogP contribution is -2.19. The van der Waals surface area contributed by atoms with Gasteiger partial charge in [0.2, 0.25) is 0 Å². The molecule has 0 heterocycles. The third kappa shape index (κ3) is 0.574. The number of allylic oxidation sites excluding steroid dienone is 2. The molecule has 2 atom stereocenters. The second kappa shape index (κ2) is 1.66. The summed E-state index contributed by atoms with van der Waals surface area (Å²) in [5.41, 5.74) is 4.14. The monoisotopic (exact) mass is 136 g/mol. The van der Waals surface area contributed by atoms with Crippen LogP contribution in [0.4, 0.5) is 0 Å². The van der Waals surface area contributed by atoms with E-state index in [1.54, 1.807) is 11.1 Å². The van der Waals surface area contributed by atoms with Gasteiger partial charge in [-0.3, -0.25) is 0 Å². The van der Waals surface area contributed by atoms with Gasteiger partial charge in [0, 0.05) is 0 Å². The van der Waals surface area contributed by atoms with Gasteiger partial charge in [-0.1, -0.05) is 25.0 Å². The van der Waals surface area contributed by atoms with Gasteiger partial charge in [0.15, 0.2) is 0 Å². The highest BCUT2D eigenvalue weighted by Crippen LogP contribution is 2.56. The van der Waals surface area contributed by atoms with Gasteiger partial charge in [-0.2, -0.15) is 0 Å². The SMILES string of the molecule is CC1=C2CCC(C)(C2)C1C. The van der Waals surface area contributed by atoms with Crippen LogP contribution in [0.1, 0.15) is 40.0 Å². The van der Waals surface area contributed by atoms with Gasteiger partial charge in [0.25, 0.3) is 0 Å². The molecule has 2 bridgehead atoms. The fourth-order valence-electron chi connectivity index (χ4n) is 2.64. The summed E-state index contributed by atoms with van der Waals surface area (Å²) >= 11 is 0. The van der Waals surface area contributed by atoms with Crippen molar-refractivity contribution < 1.29 is 0 Å². The quantitative estimate of drug-likeness (QED) is 0.449. The molecule has 0 aromatic heterocycles. The highest BCUT2D eigenvalue weighted by molar-refractivity contribution is 5.30. The van der Waals surface area contributed by atoms with Crippen LogP contribution in [0.2, 0.25) is 0 Å². The zero-order valence-electron chi connectivity index (χ0n) is 7.20. The van der Waals surface area contributed by atoms with E-state index in [1.165, 1.54) is 19.3 Å². The van der Waals surface area contributed by atoms with Crippen LogP contribution in [-0.2, 0) is 0 Å². The lowest BCUT2D eigenvalue weighted by atomic mass is 9.76. The summed E-state index contributed by atoms with van der Waals surface area (Å²) in [7, 11) is 0. The second-order valence-corrected chi connectivity index (χ2v) is 4.34. The number of fused-ring (bicyclic) bond motifs is 2. The topological polar surface area (TPSA) is 0 Å². The molecule has 1 fully saturated rings. The summed E-state index contributed by atoms with van der Waals surface area (Å²) in [6.07, 6.45) is 4.24. The van der Waals surface area contributed by atoms with Gasteiger partial charge in [-0.25, -0.2) is 0 Å². The zero-order chi connectivity index (χ0) is 7.35. The molecule has 0 spiro atoms. The normalized spacial score (nSPS) is 45.3. The molecular weight excluding hydrogens is 120 g/mol. The molecule has 2 unspecified atom stereocenters. The molecule has 0 nitrogen and oxygen atoms in total. The van der Waals surface area contributed by atoms with E-state index in [4.69, 9.17) is 0 Å². The van der Waals surface area contributed by atoms with Gasteiger partial charge < -0.3 is 0 Å². The highest BCUT2D eigenvalue weighted by Gasteiger charge is 2.43. The highest BCUT2D eigenvalue weighted by atomic mass is 14.5. The van der Waals surface area contributed by atoms with Crippen LogP contribution in [0.25, 0.3) is 0 Å². The number of rotatable bonds is 0. The van der Waals surface area contributed by atoms with E-state index in [0.29, 0.717) is 5.41 Å². The molecule has 0 amide bonds. The molecule has 2 rings (SSSR count). The third-order valence-corrected chi connectivity index (χ3v) is 3.87. The van der Waals surface area contributed by atoms with Crippen molar-refractivity contribution in [1.29, 1.82) is 0 Å². The summed E-state index contributed by atoms with van der Waals surface area (Å²) in [4.78, 5) is 0. The summed E-state index contributed by atoms with van der Waals surface area (Å²) in [6.45, 7) is 7.16. The van der Waals surface area contributed by atoms with E-state index in [2.05, 4.69) is 20.8 Å². The van der Waals surface area contributed by atoms with Gasteiger partial charge in [-0.05, 0) is 37.5 Å². The van der Waals surface area contributed by atoms with Gasteiger partial charge in [0.1, 0.15) is 0 Å². The van der Waals surface area contributed by atoms with E-state index in [9.17, 15) is 0 Å². The maximum absolute atomic E-state index is 2.45. The molecule has 0 aromatic carbocycles. The van der Waals surface area contributed by atoms with Crippen molar-refractivity contribution in [3.8, 4) is 0 Å². The Morgan fingerprint density at radius 2 is 2.20 bits per heavy atom. The average Bonchev–Trinajstić information content (AvgIpc) is 2.35. The Labute approximate surface area is 63.3 Å². The lowest BCUT2D eigenvalue weighted by molar-refractivity contribution is 0.259. The Morgan fingerprint density at radius 3 is 2.50 bits per heavy atom. The first-order chi connectivity index (χ1) is 4.63. The molecule has 0 radical (unpaired) electrons. The van der Waals surface area contributed by atoms with Crippen molar-refractivity contribution in [3.63, 3.8) is 0 Å². The molecule has 0 heteroatoms. The molecule has 0 aliphatic heterocycles. The predicted molar refractivity (Wildman–Crippen MR) is 43.8 cm³/mol. The lowest BCUT2D eigenvalue weighted by Gasteiger charge is -2.28. The molecule has 0 aromatic rings. The largest absolute Gasteiger partial charge is 0.0707 e. The minimum atomic E-state index is 0.666. The first-order valence-electron chi connectivity index (χ1n) is 4.32. The van der Waals surface area contributed by atoms with Crippen LogP contribution < -0.4 is 0 Å². The van der Waals surface area contributed by atoms with Crippen molar-refractivity contribution in [3.05, 3.63) is 11.1 Å².